The lowest BCUT2D eigenvalue weighted by Crippen LogP contribution is -2.26. The third-order valence-electron chi connectivity index (χ3n) is 2.22. The third kappa shape index (κ3) is 2.44. The van der Waals surface area contributed by atoms with Crippen LogP contribution in [0.1, 0.15) is 11.7 Å². The van der Waals surface area contributed by atoms with Crippen LogP contribution in [0, 0.1) is 5.82 Å². The number of hydrogen-bond donors (Lipinski definition) is 2. The second kappa shape index (κ2) is 4.27. The zero-order valence-corrected chi connectivity index (χ0v) is 8.10. The molecule has 0 radical (unpaired) electrons. The molecule has 1 aromatic rings. The van der Waals surface area contributed by atoms with E-state index >= 15 is 0 Å². The predicted octanol–water partition coefficient (Wildman–Crippen LogP) is 0.665. The van der Waals surface area contributed by atoms with Gasteiger partial charge in [-0.25, -0.2) is 4.39 Å². The summed E-state index contributed by atoms with van der Waals surface area (Å²) in [5.74, 6) is -0.299. The van der Waals surface area contributed by atoms with Gasteiger partial charge < -0.3 is 10.4 Å². The van der Waals surface area contributed by atoms with E-state index in [4.69, 9.17) is 0 Å². The Hall–Kier alpha value is -1.62. The number of aliphatic hydroxyl groups excluding tert-OH is 1. The largest absolute Gasteiger partial charge is 0.386 e. The number of rotatable bonds is 3. The fourth-order valence-electron chi connectivity index (χ4n) is 1.41. The Kier molecular flexibility index (Phi) is 2.82. The summed E-state index contributed by atoms with van der Waals surface area (Å²) in [6.45, 7) is 0.993. The fraction of sp³-hybridized carbons (Fsp3) is 0.300. The Morgan fingerprint density at radius 2 is 2.20 bits per heavy atom. The Morgan fingerprint density at radius 1 is 1.47 bits per heavy atom. The van der Waals surface area contributed by atoms with Gasteiger partial charge in [-0.05, 0) is 17.7 Å². The van der Waals surface area contributed by atoms with Gasteiger partial charge in [0.25, 0.3) is 0 Å². The number of hydrazone groups is 1. The summed E-state index contributed by atoms with van der Waals surface area (Å²) in [7, 11) is 0. The number of nitrogens with one attached hydrogen (secondary N) is 1. The average molecular weight is 209 g/mol. The van der Waals surface area contributed by atoms with Gasteiger partial charge in [0.1, 0.15) is 18.8 Å². The summed E-state index contributed by atoms with van der Waals surface area (Å²) in [6, 6.07) is 5.83. The molecule has 2 N–H and O–H groups in total. The van der Waals surface area contributed by atoms with Gasteiger partial charge >= 0.3 is 0 Å². The maximum atomic E-state index is 12.6. The molecule has 0 saturated carbocycles. The van der Waals surface area contributed by atoms with Crippen molar-refractivity contribution in [1.29, 1.82) is 0 Å². The minimum atomic E-state index is -0.650. The van der Waals surface area contributed by atoms with Crippen LogP contribution in [0.2, 0.25) is 0 Å². The van der Waals surface area contributed by atoms with Crippen LogP contribution in [-0.2, 0) is 0 Å². The van der Waals surface area contributed by atoms with Gasteiger partial charge in [0.15, 0.2) is 0 Å². The molecule has 1 unspecified atom stereocenters. The molecule has 0 bridgehead atoms. The molecule has 1 aliphatic rings. The molecule has 0 spiro atoms. The van der Waals surface area contributed by atoms with Crippen LogP contribution in [0.3, 0.4) is 0 Å². The number of nitrogens with zero attached hydrogens (tertiary/aromatic N) is 2. The standard InChI is InChI=1S/C10H12FN3O/c11-9-3-1-8(2-4-9)10(15)5-14-7-12-6-13-14/h1-4,6,10,15H,5,7H2,(H,12,13). The SMILES string of the molecule is OC(CN1CNC=N1)c1ccc(F)cc1. The first-order chi connectivity index (χ1) is 7.25. The van der Waals surface area contributed by atoms with Crippen molar-refractivity contribution >= 4 is 6.34 Å². The molecule has 4 nitrogen and oxygen atoms in total. The van der Waals surface area contributed by atoms with E-state index in [0.717, 1.165) is 0 Å². The lowest BCUT2D eigenvalue weighted by atomic mass is 10.1. The molecule has 1 aliphatic heterocycles. The molecule has 0 aromatic heterocycles. The summed E-state index contributed by atoms with van der Waals surface area (Å²) in [6.07, 6.45) is 0.930. The molecule has 0 amide bonds. The highest BCUT2D eigenvalue weighted by Gasteiger charge is 2.13. The molecule has 5 heteroatoms. The Balaban J connectivity index is 1.97. The summed E-state index contributed by atoms with van der Waals surface area (Å²) >= 11 is 0. The van der Waals surface area contributed by atoms with Gasteiger partial charge in [-0.15, -0.1) is 0 Å². The lowest BCUT2D eigenvalue weighted by molar-refractivity contribution is 0.119. The van der Waals surface area contributed by atoms with Crippen molar-refractivity contribution in [3.8, 4) is 0 Å². The first-order valence-electron chi connectivity index (χ1n) is 4.70. The van der Waals surface area contributed by atoms with Gasteiger partial charge in [-0.3, -0.25) is 5.01 Å². The monoisotopic (exact) mass is 209 g/mol. The van der Waals surface area contributed by atoms with Gasteiger partial charge in [0.2, 0.25) is 0 Å². The second-order valence-electron chi connectivity index (χ2n) is 3.36. The van der Waals surface area contributed by atoms with Crippen LogP contribution in [0.4, 0.5) is 4.39 Å². The Labute approximate surface area is 87.0 Å². The number of halogens is 1. The minimum absolute atomic E-state index is 0.299. The highest BCUT2D eigenvalue weighted by Crippen LogP contribution is 2.15. The highest BCUT2D eigenvalue weighted by molar-refractivity contribution is 5.55. The summed E-state index contributed by atoms with van der Waals surface area (Å²) in [4.78, 5) is 0. The highest BCUT2D eigenvalue weighted by atomic mass is 19.1. The fourth-order valence-corrected chi connectivity index (χ4v) is 1.41. The number of benzene rings is 1. The summed E-state index contributed by atoms with van der Waals surface area (Å²) in [5, 5.41) is 18.4. The van der Waals surface area contributed by atoms with E-state index in [9.17, 15) is 9.50 Å². The summed E-state index contributed by atoms with van der Waals surface area (Å²) < 4.78 is 12.6. The molecular weight excluding hydrogens is 197 g/mol. The van der Waals surface area contributed by atoms with E-state index in [1.165, 1.54) is 12.1 Å². The molecule has 1 atom stereocenters. The topological polar surface area (TPSA) is 47.9 Å². The van der Waals surface area contributed by atoms with Crippen LogP contribution >= 0.6 is 0 Å². The van der Waals surface area contributed by atoms with Gasteiger partial charge in [0.05, 0.1) is 12.6 Å². The zero-order valence-electron chi connectivity index (χ0n) is 8.10. The number of aliphatic hydroxyl groups is 1. The zero-order chi connectivity index (χ0) is 10.7. The van der Waals surface area contributed by atoms with Gasteiger partial charge in [0, 0.05) is 0 Å². The molecule has 1 aromatic carbocycles. The van der Waals surface area contributed by atoms with Crippen LogP contribution < -0.4 is 5.32 Å². The molecule has 15 heavy (non-hydrogen) atoms. The molecule has 80 valence electrons. The molecule has 0 saturated heterocycles. The van der Waals surface area contributed by atoms with E-state index in [2.05, 4.69) is 10.4 Å². The van der Waals surface area contributed by atoms with Crippen molar-refractivity contribution in [2.45, 2.75) is 6.10 Å². The first kappa shape index (κ1) is 9.92. The lowest BCUT2D eigenvalue weighted by Gasteiger charge is -2.17. The minimum Gasteiger partial charge on any atom is -0.386 e. The third-order valence-corrected chi connectivity index (χ3v) is 2.22. The van der Waals surface area contributed by atoms with E-state index < -0.39 is 6.10 Å². The predicted molar refractivity (Wildman–Crippen MR) is 54.6 cm³/mol. The smallest absolute Gasteiger partial charge is 0.123 e. The van der Waals surface area contributed by atoms with Gasteiger partial charge in [-0.2, -0.15) is 5.10 Å². The van der Waals surface area contributed by atoms with Crippen molar-refractivity contribution in [2.75, 3.05) is 13.2 Å². The van der Waals surface area contributed by atoms with Crippen molar-refractivity contribution in [3.05, 3.63) is 35.6 Å². The molecule has 2 rings (SSSR count). The van der Waals surface area contributed by atoms with Gasteiger partial charge in [-0.1, -0.05) is 12.1 Å². The van der Waals surface area contributed by atoms with E-state index in [-0.39, 0.29) is 5.82 Å². The van der Waals surface area contributed by atoms with Crippen LogP contribution in [0.5, 0.6) is 0 Å². The van der Waals surface area contributed by atoms with Crippen LogP contribution in [-0.4, -0.2) is 29.7 Å². The van der Waals surface area contributed by atoms with E-state index in [1.54, 1.807) is 23.5 Å². The normalized spacial score (nSPS) is 16.5. The van der Waals surface area contributed by atoms with Crippen molar-refractivity contribution in [1.82, 2.24) is 10.3 Å². The Bertz CT molecular complexity index is 352. The van der Waals surface area contributed by atoms with Crippen LogP contribution in [0.15, 0.2) is 29.4 Å². The molecule has 0 fully saturated rings. The quantitative estimate of drug-likeness (QED) is 0.769. The second-order valence-corrected chi connectivity index (χ2v) is 3.36. The van der Waals surface area contributed by atoms with Crippen molar-refractivity contribution < 1.29 is 9.50 Å². The van der Waals surface area contributed by atoms with E-state index in [1.807, 2.05) is 0 Å². The molecular formula is C10H12FN3O. The molecule has 1 heterocycles. The van der Waals surface area contributed by atoms with Crippen molar-refractivity contribution in [3.63, 3.8) is 0 Å². The number of hydrogen-bond acceptors (Lipinski definition) is 4. The van der Waals surface area contributed by atoms with Crippen molar-refractivity contribution in [2.24, 2.45) is 5.10 Å². The molecule has 0 aliphatic carbocycles. The first-order valence-corrected chi connectivity index (χ1v) is 4.70. The van der Waals surface area contributed by atoms with E-state index in [0.29, 0.717) is 18.8 Å². The van der Waals surface area contributed by atoms with Crippen LogP contribution in [0.25, 0.3) is 0 Å². The average Bonchev–Trinajstić information content (AvgIpc) is 2.71. The maximum Gasteiger partial charge on any atom is 0.123 e. The summed E-state index contributed by atoms with van der Waals surface area (Å²) in [5.41, 5.74) is 0.693. The number of β-amino-alcohol motifs (C(OH)–C–C–N with tert-alkyl or cyclic N) is 1. The maximum absolute atomic E-state index is 12.6. The Morgan fingerprint density at radius 3 is 2.80 bits per heavy atom.